The monoisotopic (exact) mass is 4580 g/mol. The maximum atomic E-state index is 6.70. The Labute approximate surface area is 544 Å². The Bertz CT molecular complexity index is 908. The summed E-state index contributed by atoms with van der Waals surface area (Å²) in [7, 11) is -5.84. The molecule has 1 fully saturated rings. The molecule has 0 bridgehead atoms. The van der Waals surface area contributed by atoms with Crippen molar-refractivity contribution < 1.29 is 57.0 Å². The van der Waals surface area contributed by atoms with Crippen molar-refractivity contribution in [3.8, 4) is 0 Å². The predicted octanol–water partition coefficient (Wildman–Crippen LogP) is 14.8. The summed E-state index contributed by atoms with van der Waals surface area (Å²) in [6.07, 6.45) is 0. The molecule has 1 rings (SSSR count). The van der Waals surface area contributed by atoms with Crippen LogP contribution in [0.15, 0.2) is 0 Å². The predicted molar refractivity (Wildman–Crippen MR) is 470 cm³/mol. The van der Waals surface area contributed by atoms with Crippen molar-refractivity contribution in [3.05, 3.63) is 0 Å². The van der Waals surface area contributed by atoms with E-state index in [-0.39, 0.29) is 30.5 Å². The fraction of sp³-hybridized carbons (Fsp3) is 0.833. The number of nitrogens with one attached hydrogen (secondary N) is 1. The minimum absolute atomic E-state index is 0.0124. The molecule has 0 spiro atoms. The van der Waals surface area contributed by atoms with Crippen LogP contribution in [0.4, 0.5) is 0 Å². The first-order valence-corrected chi connectivity index (χ1v) is 192. The van der Waals surface area contributed by atoms with Gasteiger partial charge in [-0.3, -0.25) is 0 Å². The number of thiocarbonyl (C=S) groups is 1. The Kier molecular flexibility index (Phi) is 53.4. The third-order valence-corrected chi connectivity index (χ3v) is 1100. The molecule has 38 heteroatoms. The summed E-state index contributed by atoms with van der Waals surface area (Å²) in [6, 6.07) is 0. The van der Waals surface area contributed by atoms with E-state index in [0.29, 0.717) is 34.7 Å². The van der Waals surface area contributed by atoms with Crippen LogP contribution in [-0.4, -0.2) is 18.6 Å². The molecule has 1 aliphatic rings. The molecular formula is C6H5I35N2S-4. The van der Waals surface area contributed by atoms with E-state index in [9.17, 15) is 0 Å². The van der Waals surface area contributed by atoms with Gasteiger partial charge < -0.3 is 0 Å². The van der Waals surface area contributed by atoms with Crippen molar-refractivity contribution in [1.29, 1.82) is 0 Å². The Morgan fingerprint density at radius 1 is 0.614 bits per heavy atom. The summed E-state index contributed by atoms with van der Waals surface area (Å²) in [5, 5.41) is 5.36. The first kappa shape index (κ1) is 67.4. The van der Waals surface area contributed by atoms with Gasteiger partial charge >= 0.3 is 572 Å². The van der Waals surface area contributed by atoms with E-state index in [1.54, 1.807) is 0 Å². The Balaban J connectivity index is 4.95. The van der Waals surface area contributed by atoms with E-state index in [1.165, 1.54) is 0 Å². The number of nitrogens with zero attached hydrogens (tertiary/aromatic N) is 1. The van der Waals surface area contributed by atoms with Crippen LogP contribution in [0.25, 0.3) is 0 Å². The summed E-state index contributed by atoms with van der Waals surface area (Å²) in [4.78, 5) is 3.51. The van der Waals surface area contributed by atoms with Crippen LogP contribution in [0.5, 0.6) is 0 Å². The molecule has 0 aromatic rings. The quantitative estimate of drug-likeness (QED) is 0.0676. The van der Waals surface area contributed by atoms with Gasteiger partial charge in [0.05, 0.1) is 0 Å². The zero-order chi connectivity index (χ0) is 34.7. The molecule has 0 amide bonds. The van der Waals surface area contributed by atoms with Crippen LogP contribution in [0.2, 0.25) is 0 Å². The van der Waals surface area contributed by atoms with Gasteiger partial charge in [-0.15, -0.1) is 0 Å². The zero-order valence-electron chi connectivity index (χ0n) is 18.2. The summed E-state index contributed by atoms with van der Waals surface area (Å²) in [6.45, 7) is 2.87. The minimum atomic E-state index is -1.41. The summed E-state index contributed by atoms with van der Waals surface area (Å²) in [5.74, 6) is 0. The Morgan fingerprint density at radius 2 is 1.09 bits per heavy atom. The molecule has 1 saturated heterocycles. The number of alkyl halides is 7. The SMILES string of the molecule is CC1([I-]I)NC(I(I)I(I)I)(I(I)I(I)[I-]I)C(I(I)I(I)I(I)I)(I(I)I(I)I(I)[I-]I)N(C=S)C1(I(I)I)I(I)[I-]I. The van der Waals surface area contributed by atoms with Gasteiger partial charge in [0.15, 0.2) is 0 Å². The molecule has 4 atom stereocenters. The van der Waals surface area contributed by atoms with Crippen molar-refractivity contribution >= 4 is 490 Å². The average Bonchev–Trinajstić information content (AvgIpc) is 2.99. The van der Waals surface area contributed by atoms with Crippen molar-refractivity contribution in [3.63, 3.8) is 0 Å². The molecule has 1 heterocycles. The van der Waals surface area contributed by atoms with Crippen LogP contribution in [0.3, 0.4) is 0 Å². The second kappa shape index (κ2) is 34.9. The van der Waals surface area contributed by atoms with Gasteiger partial charge in [0, 0.05) is 0 Å². The topological polar surface area (TPSA) is 15.3 Å². The van der Waals surface area contributed by atoms with Gasteiger partial charge in [-0.2, -0.15) is 0 Å². The Morgan fingerprint density at radius 3 is 1.43 bits per heavy atom. The van der Waals surface area contributed by atoms with Crippen LogP contribution >= 0.6 is 485 Å². The number of hydrogen-bond donors (Lipinski definition) is 1. The van der Waals surface area contributed by atoms with Crippen LogP contribution in [-0.2, 0) is 0 Å². The van der Waals surface area contributed by atoms with Crippen LogP contribution in [0, 0.1) is 0 Å². The third kappa shape index (κ3) is 17.0. The van der Waals surface area contributed by atoms with Crippen molar-refractivity contribution in [1.82, 2.24) is 10.2 Å². The number of piperazine rings is 1. The standard InChI is InChI=1S/C6H5I35N2S/c1-3(26-7)5(30(11)12,31(13)27-8)43(2-44)6(34(16)40(24)37(20)21,35(17)41(25)39(23)29-10)4(42-3,32(14)36(18)19)33(15)38(22)28-9/h2,42H,1H3/q-4. The number of rotatable bonds is 17. The second-order valence-corrected chi connectivity index (χ2v) is 503. The molecule has 1 aliphatic heterocycles. The van der Waals surface area contributed by atoms with Crippen LogP contribution in [0.1, 0.15) is 6.92 Å². The summed E-state index contributed by atoms with van der Waals surface area (Å²) >= 11 is 59.8. The van der Waals surface area contributed by atoms with E-state index in [4.69, 9.17) is 17.5 Å². The van der Waals surface area contributed by atoms with Gasteiger partial charge in [-0.05, 0) is 0 Å². The molecular weight excluding hydrogens is 4570 g/mol. The average molecular weight is 4580 g/mol. The third-order valence-electron chi connectivity index (χ3n) is 4.01. The summed E-state index contributed by atoms with van der Waals surface area (Å²) < 4.78 is 1.94. The van der Waals surface area contributed by atoms with Crippen LogP contribution < -0.4 is 62.3 Å². The first-order chi connectivity index (χ1) is 20.2. The summed E-state index contributed by atoms with van der Waals surface area (Å²) in [5.41, 5.74) is 2.55. The van der Waals surface area contributed by atoms with Gasteiger partial charge in [0.2, 0.25) is 0 Å². The molecule has 0 aromatic carbocycles. The molecule has 0 aromatic heterocycles. The van der Waals surface area contributed by atoms with E-state index in [1.807, 2.05) is 0 Å². The van der Waals surface area contributed by atoms with Gasteiger partial charge in [0.25, 0.3) is 0 Å². The fourth-order valence-corrected chi connectivity index (χ4v) is 1470. The Hall–Kier alpha value is 25.4. The normalized spacial score (nSPS) is 31.7. The molecule has 2 nitrogen and oxygen atoms in total. The molecule has 0 saturated carbocycles. The van der Waals surface area contributed by atoms with Gasteiger partial charge in [-0.1, -0.05) is 0 Å². The van der Waals surface area contributed by atoms with E-state index < -0.39 is 119 Å². The fourth-order valence-electron chi connectivity index (χ4n) is 2.71. The van der Waals surface area contributed by atoms with E-state index in [0.717, 1.165) is 0 Å². The van der Waals surface area contributed by atoms with E-state index in [2.05, 4.69) is 371 Å². The van der Waals surface area contributed by atoms with Crippen molar-refractivity contribution in [2.45, 2.75) is 15.1 Å². The van der Waals surface area contributed by atoms with Crippen molar-refractivity contribution in [2.75, 3.05) is 0 Å². The number of hydrogen-bond acceptors (Lipinski definition) is 2. The number of halogens is 35. The second-order valence-electron chi connectivity index (χ2n) is 5.65. The molecule has 0 aliphatic carbocycles. The van der Waals surface area contributed by atoms with Gasteiger partial charge in [-0.25, -0.2) is 0 Å². The molecule has 294 valence electrons. The molecule has 1 N–H and O–H groups in total. The van der Waals surface area contributed by atoms with Crippen molar-refractivity contribution in [2.24, 2.45) is 0 Å². The first-order valence-electron chi connectivity index (χ1n) is 7.76. The van der Waals surface area contributed by atoms with Gasteiger partial charge in [0.1, 0.15) is 0 Å². The molecule has 4 unspecified atom stereocenters. The molecule has 44 heavy (non-hydrogen) atoms. The maximum absolute atomic E-state index is 6.70. The molecule has 0 radical (unpaired) electrons. The van der Waals surface area contributed by atoms with E-state index >= 15 is 0 Å². The zero-order valence-corrected chi connectivity index (χ0v) is 94.5.